The first kappa shape index (κ1) is 8.94. The summed E-state index contributed by atoms with van der Waals surface area (Å²) in [5.74, 6) is 0. The Kier molecular flexibility index (Phi) is 2.24. The molecule has 2 rings (SSSR count). The van der Waals surface area contributed by atoms with Crippen LogP contribution >= 0.6 is 11.6 Å². The fourth-order valence-corrected chi connectivity index (χ4v) is 2.19. The molecular formula is C9H8ClNOS. The van der Waals surface area contributed by atoms with Crippen molar-refractivity contribution in [3.63, 3.8) is 0 Å². The number of aromatic amines is 1. The number of aromatic nitrogens is 1. The van der Waals surface area contributed by atoms with E-state index in [1.54, 1.807) is 18.5 Å². The molecule has 0 aliphatic carbocycles. The summed E-state index contributed by atoms with van der Waals surface area (Å²) in [5.41, 5.74) is 0.928. The van der Waals surface area contributed by atoms with Crippen LogP contribution in [0.5, 0.6) is 0 Å². The lowest BCUT2D eigenvalue weighted by atomic mass is 10.2. The first-order chi connectivity index (χ1) is 6.18. The fourth-order valence-electron chi connectivity index (χ4n) is 1.31. The summed E-state index contributed by atoms with van der Waals surface area (Å²) in [7, 11) is 0. The monoisotopic (exact) mass is 213 g/mol. The first-order valence-corrected chi connectivity index (χ1v) is 5.72. The maximum atomic E-state index is 11.3. The van der Waals surface area contributed by atoms with E-state index in [9.17, 15) is 4.55 Å². The van der Waals surface area contributed by atoms with E-state index >= 15 is 0 Å². The lowest BCUT2D eigenvalue weighted by Gasteiger charge is -2.00. The van der Waals surface area contributed by atoms with E-state index in [1.165, 1.54) is 0 Å². The topological polar surface area (TPSA) is 38.8 Å². The Balaban J connectivity index is 2.69. The number of rotatable bonds is 1. The number of halogens is 1. The summed E-state index contributed by atoms with van der Waals surface area (Å²) in [6.45, 7) is 0. The largest absolute Gasteiger partial charge is 0.612 e. The maximum Gasteiger partial charge on any atom is 0.177 e. The predicted molar refractivity (Wildman–Crippen MR) is 55.6 cm³/mol. The highest BCUT2D eigenvalue weighted by Gasteiger charge is 2.11. The Morgan fingerprint density at radius 3 is 2.92 bits per heavy atom. The SMILES string of the molecule is C[S+]([O-])c1c[nH]c2cc(Cl)ccc12. The van der Waals surface area contributed by atoms with Crippen LogP contribution in [0.4, 0.5) is 0 Å². The molecule has 2 aromatic rings. The van der Waals surface area contributed by atoms with Gasteiger partial charge in [0.05, 0.1) is 17.1 Å². The Morgan fingerprint density at radius 1 is 1.46 bits per heavy atom. The second-order valence-corrected chi connectivity index (χ2v) is 4.58. The van der Waals surface area contributed by atoms with Gasteiger partial charge in [-0.05, 0) is 29.4 Å². The van der Waals surface area contributed by atoms with Crippen LogP contribution in [-0.4, -0.2) is 15.8 Å². The van der Waals surface area contributed by atoms with Gasteiger partial charge in [0.25, 0.3) is 0 Å². The lowest BCUT2D eigenvalue weighted by molar-refractivity contribution is 0.601. The van der Waals surface area contributed by atoms with Crippen molar-refractivity contribution in [2.75, 3.05) is 6.26 Å². The lowest BCUT2D eigenvalue weighted by Crippen LogP contribution is -1.94. The van der Waals surface area contributed by atoms with Gasteiger partial charge < -0.3 is 9.54 Å². The molecule has 0 spiro atoms. The third kappa shape index (κ3) is 1.55. The zero-order chi connectivity index (χ0) is 9.42. The number of fused-ring (bicyclic) bond motifs is 1. The molecule has 1 unspecified atom stereocenters. The molecule has 4 heteroatoms. The van der Waals surface area contributed by atoms with E-state index in [2.05, 4.69) is 4.98 Å². The molecule has 0 aliphatic heterocycles. The summed E-state index contributed by atoms with van der Waals surface area (Å²) < 4.78 is 11.3. The molecule has 1 N–H and O–H groups in total. The number of nitrogens with one attached hydrogen (secondary N) is 1. The maximum absolute atomic E-state index is 11.3. The van der Waals surface area contributed by atoms with Crippen molar-refractivity contribution in [1.29, 1.82) is 0 Å². The van der Waals surface area contributed by atoms with Crippen LogP contribution in [0.1, 0.15) is 0 Å². The molecule has 0 radical (unpaired) electrons. The van der Waals surface area contributed by atoms with Gasteiger partial charge >= 0.3 is 0 Å². The molecule has 1 aromatic carbocycles. The quantitative estimate of drug-likeness (QED) is 0.727. The van der Waals surface area contributed by atoms with Crippen LogP contribution in [0.25, 0.3) is 10.9 Å². The molecule has 0 amide bonds. The zero-order valence-electron chi connectivity index (χ0n) is 7.00. The Labute approximate surface area is 84.1 Å². The van der Waals surface area contributed by atoms with Crippen LogP contribution < -0.4 is 0 Å². The van der Waals surface area contributed by atoms with E-state index in [4.69, 9.17) is 11.6 Å². The Hall–Kier alpha value is -0.640. The second kappa shape index (κ2) is 3.25. The van der Waals surface area contributed by atoms with Crippen LogP contribution in [0.15, 0.2) is 29.3 Å². The highest BCUT2D eigenvalue weighted by atomic mass is 35.5. The normalized spacial score (nSPS) is 13.5. The van der Waals surface area contributed by atoms with Crippen molar-refractivity contribution in [2.45, 2.75) is 4.90 Å². The van der Waals surface area contributed by atoms with Gasteiger partial charge in [0.15, 0.2) is 4.90 Å². The minimum atomic E-state index is -0.953. The fraction of sp³-hybridized carbons (Fsp3) is 0.111. The van der Waals surface area contributed by atoms with Gasteiger partial charge in [-0.15, -0.1) is 0 Å². The third-order valence-electron chi connectivity index (χ3n) is 1.92. The van der Waals surface area contributed by atoms with E-state index in [1.807, 2.05) is 12.1 Å². The van der Waals surface area contributed by atoms with Gasteiger partial charge in [-0.25, -0.2) is 0 Å². The first-order valence-electron chi connectivity index (χ1n) is 3.78. The minimum Gasteiger partial charge on any atom is -0.612 e. The molecule has 0 saturated heterocycles. The van der Waals surface area contributed by atoms with Gasteiger partial charge in [-0.3, -0.25) is 0 Å². The molecule has 2 nitrogen and oxygen atoms in total. The van der Waals surface area contributed by atoms with E-state index in [0.717, 1.165) is 15.8 Å². The molecule has 1 heterocycles. The summed E-state index contributed by atoms with van der Waals surface area (Å²) in [4.78, 5) is 3.86. The highest BCUT2D eigenvalue weighted by molar-refractivity contribution is 7.91. The zero-order valence-corrected chi connectivity index (χ0v) is 8.58. The molecule has 0 bridgehead atoms. The number of benzene rings is 1. The van der Waals surface area contributed by atoms with Crippen LogP contribution in [0.2, 0.25) is 5.02 Å². The summed E-state index contributed by atoms with van der Waals surface area (Å²) in [6.07, 6.45) is 3.42. The van der Waals surface area contributed by atoms with Crippen molar-refractivity contribution in [1.82, 2.24) is 4.98 Å². The van der Waals surface area contributed by atoms with Crippen LogP contribution in [0.3, 0.4) is 0 Å². The van der Waals surface area contributed by atoms with E-state index in [0.29, 0.717) is 5.02 Å². The number of hydrogen-bond acceptors (Lipinski definition) is 1. The molecule has 13 heavy (non-hydrogen) atoms. The summed E-state index contributed by atoms with van der Waals surface area (Å²) >= 11 is 4.86. The van der Waals surface area contributed by atoms with Crippen LogP contribution in [-0.2, 0) is 11.2 Å². The van der Waals surface area contributed by atoms with Crippen molar-refractivity contribution in [3.8, 4) is 0 Å². The predicted octanol–water partition coefficient (Wildman–Crippen LogP) is 2.56. The molecule has 1 aromatic heterocycles. The van der Waals surface area contributed by atoms with Gasteiger partial charge in [-0.1, -0.05) is 11.6 Å². The van der Waals surface area contributed by atoms with Crippen molar-refractivity contribution in [3.05, 3.63) is 29.4 Å². The molecule has 0 fully saturated rings. The Morgan fingerprint density at radius 2 is 2.23 bits per heavy atom. The standard InChI is InChI=1S/C9H8ClNOS/c1-13(12)9-5-11-8-4-6(10)2-3-7(8)9/h2-5,11H,1H3. The molecular weight excluding hydrogens is 206 g/mol. The van der Waals surface area contributed by atoms with Gasteiger partial charge in [-0.2, -0.15) is 0 Å². The number of H-pyrrole nitrogens is 1. The molecule has 68 valence electrons. The van der Waals surface area contributed by atoms with E-state index in [-0.39, 0.29) is 0 Å². The van der Waals surface area contributed by atoms with Gasteiger partial charge in [0, 0.05) is 5.02 Å². The van der Waals surface area contributed by atoms with Crippen LogP contribution in [0, 0.1) is 0 Å². The summed E-state index contributed by atoms with van der Waals surface area (Å²) in [5, 5.41) is 1.66. The van der Waals surface area contributed by atoms with E-state index < -0.39 is 11.2 Å². The van der Waals surface area contributed by atoms with Crippen molar-refractivity contribution in [2.24, 2.45) is 0 Å². The second-order valence-electron chi connectivity index (χ2n) is 2.80. The summed E-state index contributed by atoms with van der Waals surface area (Å²) in [6, 6.07) is 5.51. The van der Waals surface area contributed by atoms with Crippen molar-refractivity contribution < 1.29 is 4.55 Å². The number of hydrogen-bond donors (Lipinski definition) is 1. The van der Waals surface area contributed by atoms with Crippen molar-refractivity contribution >= 4 is 33.7 Å². The minimum absolute atomic E-state index is 0.683. The average molecular weight is 214 g/mol. The highest BCUT2D eigenvalue weighted by Crippen LogP contribution is 2.24. The Bertz CT molecular complexity index is 438. The van der Waals surface area contributed by atoms with Gasteiger partial charge in [0.2, 0.25) is 0 Å². The molecule has 0 aliphatic rings. The van der Waals surface area contributed by atoms with Gasteiger partial charge in [0.1, 0.15) is 6.26 Å². The molecule has 1 atom stereocenters. The average Bonchev–Trinajstić information content (AvgIpc) is 2.46. The molecule has 0 saturated carbocycles. The smallest absolute Gasteiger partial charge is 0.177 e. The third-order valence-corrected chi connectivity index (χ3v) is 3.11.